The molecule has 0 aromatic rings. The molecule has 0 heterocycles. The largest absolute Gasteiger partial charge is 0.481 e. The van der Waals surface area contributed by atoms with Crippen LogP contribution in [0, 0.1) is 0 Å². The molecule has 0 aromatic heterocycles. The lowest BCUT2D eigenvalue weighted by atomic mass is 10.3. The first-order valence-corrected chi connectivity index (χ1v) is 5.69. The monoisotopic (exact) mass is 223 g/mol. The first-order chi connectivity index (χ1) is 6.25. The van der Waals surface area contributed by atoms with Crippen molar-refractivity contribution in [1.82, 2.24) is 0 Å². The second-order valence-corrected chi connectivity index (χ2v) is 5.53. The first-order valence-electron chi connectivity index (χ1n) is 3.97. The number of sulfone groups is 1. The molecule has 0 aliphatic carbocycles. The van der Waals surface area contributed by atoms with Crippen LogP contribution in [0.15, 0.2) is 0 Å². The molecule has 6 nitrogen and oxygen atoms in total. The minimum atomic E-state index is -3.53. The molecule has 7 heteroatoms. The highest BCUT2D eigenvalue weighted by Crippen LogP contribution is 2.07. The van der Waals surface area contributed by atoms with E-state index in [4.69, 9.17) is 10.8 Å². The summed E-state index contributed by atoms with van der Waals surface area (Å²) in [6.07, 6.45) is -0.729. The van der Waals surface area contributed by atoms with Gasteiger partial charge in [-0.3, -0.25) is 9.59 Å². The highest BCUT2D eigenvalue weighted by atomic mass is 32.2. The van der Waals surface area contributed by atoms with E-state index < -0.39 is 39.1 Å². The van der Waals surface area contributed by atoms with Crippen LogP contribution in [0.1, 0.15) is 19.8 Å². The average molecular weight is 223 g/mol. The van der Waals surface area contributed by atoms with Crippen LogP contribution in [-0.4, -0.2) is 36.4 Å². The van der Waals surface area contributed by atoms with E-state index in [1.165, 1.54) is 6.92 Å². The third kappa shape index (κ3) is 4.80. The summed E-state index contributed by atoms with van der Waals surface area (Å²) in [5, 5.41) is 7.38. The topological polar surface area (TPSA) is 115 Å². The van der Waals surface area contributed by atoms with Gasteiger partial charge in [0.2, 0.25) is 5.91 Å². The molecule has 82 valence electrons. The number of carboxylic acid groups (broad SMARTS) is 1. The number of rotatable bonds is 6. The van der Waals surface area contributed by atoms with E-state index in [2.05, 4.69) is 0 Å². The van der Waals surface area contributed by atoms with Gasteiger partial charge in [-0.1, -0.05) is 0 Å². The Kier molecular flexibility index (Phi) is 4.55. The lowest BCUT2D eigenvalue weighted by Crippen LogP contribution is -2.26. The lowest BCUT2D eigenvalue weighted by molar-refractivity contribution is -0.136. The molecule has 1 unspecified atom stereocenters. The summed E-state index contributed by atoms with van der Waals surface area (Å²) >= 11 is 0. The van der Waals surface area contributed by atoms with Crippen LogP contribution in [0.5, 0.6) is 0 Å². The van der Waals surface area contributed by atoms with Gasteiger partial charge in [-0.15, -0.1) is 0 Å². The Balaban J connectivity index is 4.31. The van der Waals surface area contributed by atoms with Crippen molar-refractivity contribution in [2.45, 2.75) is 25.0 Å². The number of hydrogen-bond donors (Lipinski definition) is 2. The van der Waals surface area contributed by atoms with Gasteiger partial charge in [-0.2, -0.15) is 0 Å². The fraction of sp³-hybridized carbons (Fsp3) is 0.714. The Hall–Kier alpha value is -1.11. The number of carboxylic acids is 1. The third-order valence-electron chi connectivity index (χ3n) is 1.71. The molecule has 0 rings (SSSR count). The second-order valence-electron chi connectivity index (χ2n) is 2.99. The molecule has 0 aromatic carbocycles. The van der Waals surface area contributed by atoms with Gasteiger partial charge in [-0.25, -0.2) is 8.42 Å². The SMILES string of the molecule is CC(CC(=O)O)S(=O)(=O)CCC(N)=O. The number of carbonyl (C=O) groups excluding carboxylic acids is 1. The van der Waals surface area contributed by atoms with E-state index in [1.54, 1.807) is 0 Å². The van der Waals surface area contributed by atoms with Crippen LogP contribution in [-0.2, 0) is 19.4 Å². The molecule has 0 bridgehead atoms. The quantitative estimate of drug-likeness (QED) is 0.608. The van der Waals surface area contributed by atoms with E-state index in [1.807, 2.05) is 0 Å². The van der Waals surface area contributed by atoms with Gasteiger partial charge in [0.1, 0.15) is 0 Å². The predicted octanol–water partition coefficient (Wildman–Crippen LogP) is -0.860. The van der Waals surface area contributed by atoms with E-state index in [0.717, 1.165) is 0 Å². The number of hydrogen-bond acceptors (Lipinski definition) is 4. The summed E-state index contributed by atoms with van der Waals surface area (Å²) in [7, 11) is -3.53. The summed E-state index contributed by atoms with van der Waals surface area (Å²) in [6.45, 7) is 1.30. The van der Waals surface area contributed by atoms with Gasteiger partial charge in [0.05, 0.1) is 17.4 Å². The Labute approximate surface area is 82.0 Å². The van der Waals surface area contributed by atoms with E-state index in [-0.39, 0.29) is 6.42 Å². The summed E-state index contributed by atoms with van der Waals surface area (Å²) in [5.74, 6) is -2.28. The zero-order chi connectivity index (χ0) is 11.4. The van der Waals surface area contributed by atoms with Crippen LogP contribution in [0.3, 0.4) is 0 Å². The molecular formula is C7H13NO5S. The summed E-state index contributed by atoms with van der Waals surface area (Å²) < 4.78 is 22.6. The van der Waals surface area contributed by atoms with Crippen molar-refractivity contribution in [2.24, 2.45) is 5.73 Å². The van der Waals surface area contributed by atoms with Gasteiger partial charge >= 0.3 is 5.97 Å². The highest BCUT2D eigenvalue weighted by molar-refractivity contribution is 7.92. The minimum Gasteiger partial charge on any atom is -0.481 e. The third-order valence-corrected chi connectivity index (χ3v) is 3.87. The molecular weight excluding hydrogens is 210 g/mol. The fourth-order valence-corrected chi connectivity index (χ4v) is 2.10. The number of aliphatic carboxylic acids is 1. The normalized spacial score (nSPS) is 13.5. The molecule has 0 aliphatic heterocycles. The van der Waals surface area contributed by atoms with Crippen molar-refractivity contribution in [3.05, 3.63) is 0 Å². The van der Waals surface area contributed by atoms with E-state index in [0.29, 0.717) is 0 Å². The van der Waals surface area contributed by atoms with Crippen molar-refractivity contribution >= 4 is 21.7 Å². The smallest absolute Gasteiger partial charge is 0.304 e. The Morgan fingerprint density at radius 1 is 1.43 bits per heavy atom. The molecule has 0 saturated carbocycles. The Bertz CT molecular complexity index is 321. The van der Waals surface area contributed by atoms with Crippen LogP contribution >= 0.6 is 0 Å². The second kappa shape index (κ2) is 4.94. The standard InChI is InChI=1S/C7H13NO5S/c1-5(4-7(10)11)14(12,13)3-2-6(8)9/h5H,2-4H2,1H3,(H2,8,9)(H,10,11). The predicted molar refractivity (Wildman–Crippen MR) is 49.3 cm³/mol. The Morgan fingerprint density at radius 2 is 1.93 bits per heavy atom. The number of nitrogens with two attached hydrogens (primary N) is 1. The first kappa shape index (κ1) is 12.9. The Morgan fingerprint density at radius 3 is 2.29 bits per heavy atom. The maximum Gasteiger partial charge on any atom is 0.304 e. The van der Waals surface area contributed by atoms with Crippen LogP contribution in [0.4, 0.5) is 0 Å². The lowest BCUT2D eigenvalue weighted by Gasteiger charge is -2.09. The zero-order valence-electron chi connectivity index (χ0n) is 7.76. The molecule has 1 atom stereocenters. The minimum absolute atomic E-state index is 0.272. The van der Waals surface area contributed by atoms with Gasteiger partial charge < -0.3 is 10.8 Å². The van der Waals surface area contributed by atoms with E-state index in [9.17, 15) is 18.0 Å². The molecule has 0 saturated heterocycles. The van der Waals surface area contributed by atoms with Crippen molar-refractivity contribution in [1.29, 1.82) is 0 Å². The summed E-state index contributed by atoms with van der Waals surface area (Å²) in [6, 6.07) is 0. The molecule has 0 spiro atoms. The molecule has 0 fully saturated rings. The molecule has 0 radical (unpaired) electrons. The van der Waals surface area contributed by atoms with Crippen molar-refractivity contribution < 1.29 is 23.1 Å². The van der Waals surface area contributed by atoms with Crippen LogP contribution < -0.4 is 5.73 Å². The molecule has 1 amide bonds. The fourth-order valence-electron chi connectivity index (χ4n) is 0.817. The van der Waals surface area contributed by atoms with Gasteiger partial charge in [-0.05, 0) is 6.92 Å². The highest BCUT2D eigenvalue weighted by Gasteiger charge is 2.23. The molecule has 14 heavy (non-hydrogen) atoms. The summed E-state index contributed by atoms with van der Waals surface area (Å²) in [4.78, 5) is 20.6. The van der Waals surface area contributed by atoms with Crippen molar-refractivity contribution in [3.63, 3.8) is 0 Å². The number of amides is 1. The van der Waals surface area contributed by atoms with Gasteiger partial charge in [0.25, 0.3) is 0 Å². The maximum absolute atomic E-state index is 11.3. The molecule has 0 aliphatic rings. The zero-order valence-corrected chi connectivity index (χ0v) is 8.58. The number of carbonyl (C=O) groups is 2. The van der Waals surface area contributed by atoms with Gasteiger partial charge in [0, 0.05) is 6.42 Å². The van der Waals surface area contributed by atoms with Crippen molar-refractivity contribution in [3.8, 4) is 0 Å². The van der Waals surface area contributed by atoms with Crippen LogP contribution in [0.2, 0.25) is 0 Å². The molecule has 3 N–H and O–H groups in total. The van der Waals surface area contributed by atoms with Crippen molar-refractivity contribution in [2.75, 3.05) is 5.75 Å². The summed E-state index contributed by atoms with van der Waals surface area (Å²) in [5.41, 5.74) is 4.78. The van der Waals surface area contributed by atoms with E-state index >= 15 is 0 Å². The maximum atomic E-state index is 11.3. The number of primary amides is 1. The average Bonchev–Trinajstić information content (AvgIpc) is 1.99. The van der Waals surface area contributed by atoms with Gasteiger partial charge in [0.15, 0.2) is 9.84 Å². The van der Waals surface area contributed by atoms with Crippen LogP contribution in [0.25, 0.3) is 0 Å².